The van der Waals surface area contributed by atoms with Gasteiger partial charge in [-0.05, 0) is 170 Å². The summed E-state index contributed by atoms with van der Waals surface area (Å²) in [5, 5.41) is 6.95. The molecule has 0 N–H and O–H groups in total. The Kier molecular flexibility index (Phi) is 8.31. The summed E-state index contributed by atoms with van der Waals surface area (Å²) < 4.78 is 8.77. The molecule has 0 atom stereocenters. The van der Waals surface area contributed by atoms with Crippen LogP contribution in [0.1, 0.15) is 43.2 Å². The summed E-state index contributed by atoms with van der Waals surface area (Å²) >= 11 is 0. The van der Waals surface area contributed by atoms with Crippen LogP contribution in [0.25, 0.3) is 116 Å². The van der Waals surface area contributed by atoms with Crippen molar-refractivity contribution in [3.63, 3.8) is 0 Å². The first-order valence-electron chi connectivity index (χ1n) is 25.6. The van der Waals surface area contributed by atoms with Gasteiger partial charge < -0.3 is 4.42 Å². The highest BCUT2D eigenvalue weighted by Crippen LogP contribution is 2.71. The summed E-state index contributed by atoms with van der Waals surface area (Å²) in [5.74, 6) is 4.56. The van der Waals surface area contributed by atoms with Crippen LogP contribution in [0.5, 0.6) is 0 Å². The molecule has 4 saturated carbocycles. The zero-order valence-electron chi connectivity index (χ0n) is 39.2. The molecule has 5 aliphatic rings. The van der Waals surface area contributed by atoms with Gasteiger partial charge in [0.05, 0.1) is 22.7 Å². The number of benzene rings is 9. The molecule has 0 aliphatic heterocycles. The van der Waals surface area contributed by atoms with E-state index in [1.54, 1.807) is 11.1 Å². The zero-order valence-corrected chi connectivity index (χ0v) is 39.2. The maximum Gasteiger partial charge on any atom is 0.308 e. The summed E-state index contributed by atoms with van der Waals surface area (Å²) in [6, 6.07) is 73.7. The average molecular weight is 911 g/mol. The van der Waals surface area contributed by atoms with E-state index in [2.05, 4.69) is 205 Å². The molecule has 4 nitrogen and oxygen atoms in total. The number of furan rings is 1. The summed E-state index contributed by atoms with van der Waals surface area (Å²) in [7, 11) is 0. The quantitative estimate of drug-likeness (QED) is 0.128. The normalized spacial score (nSPS) is 20.7. The summed E-state index contributed by atoms with van der Waals surface area (Å²) in [6.45, 7) is 0. The third-order valence-electron chi connectivity index (χ3n) is 17.6. The smallest absolute Gasteiger partial charge is 0.308 e. The van der Waals surface area contributed by atoms with E-state index in [0.29, 0.717) is 17.7 Å². The van der Waals surface area contributed by atoms with Crippen molar-refractivity contribution in [3.05, 3.63) is 218 Å². The topological polar surface area (TPSA) is 43.0 Å². The lowest BCUT2D eigenvalue weighted by atomic mass is 9.42. The van der Waals surface area contributed by atoms with Crippen molar-refractivity contribution >= 4 is 49.1 Å². The highest BCUT2D eigenvalue weighted by atomic mass is 16.3. The van der Waals surface area contributed by atoms with Gasteiger partial charge in [0.15, 0.2) is 0 Å². The first-order valence-corrected chi connectivity index (χ1v) is 25.6. The number of pyridine rings is 1. The molecule has 0 amide bonds. The van der Waals surface area contributed by atoms with Gasteiger partial charge in [0, 0.05) is 16.2 Å². The van der Waals surface area contributed by atoms with E-state index in [9.17, 15) is 0 Å². The lowest BCUT2D eigenvalue weighted by molar-refractivity contribution is -0.504. The van der Waals surface area contributed by atoms with E-state index < -0.39 is 0 Å². The first kappa shape index (κ1) is 39.6. The van der Waals surface area contributed by atoms with Gasteiger partial charge in [-0.25, -0.2) is 0 Å². The molecule has 9 aromatic carbocycles. The Labute approximate surface area is 411 Å². The molecule has 0 unspecified atom stereocenters. The molecule has 0 saturated heterocycles. The number of nitrogens with zero attached hydrogens (tertiary/aromatic N) is 3. The first-order chi connectivity index (χ1) is 35.2. The van der Waals surface area contributed by atoms with Crippen LogP contribution in [-0.4, -0.2) is 9.97 Å². The van der Waals surface area contributed by atoms with E-state index >= 15 is 0 Å². The Morgan fingerprint density at radius 3 is 1.92 bits per heavy atom. The lowest BCUT2D eigenvalue weighted by Gasteiger charge is -2.61. The van der Waals surface area contributed by atoms with Crippen molar-refractivity contribution in [3.8, 4) is 67.3 Å². The van der Waals surface area contributed by atoms with Crippen molar-refractivity contribution in [2.24, 2.45) is 23.7 Å². The molecule has 1 spiro atoms. The number of hydrogen-bond acceptors (Lipinski definition) is 3. The Morgan fingerprint density at radius 1 is 0.423 bits per heavy atom. The highest BCUT2D eigenvalue weighted by molar-refractivity contribution is 6.14. The Hall–Kier alpha value is -8.21. The molecule has 4 fully saturated rings. The van der Waals surface area contributed by atoms with E-state index in [1.165, 1.54) is 92.8 Å². The predicted molar refractivity (Wildman–Crippen MR) is 288 cm³/mol. The molecule has 336 valence electrons. The third kappa shape index (κ3) is 5.59. The van der Waals surface area contributed by atoms with Crippen molar-refractivity contribution in [1.29, 1.82) is 0 Å². The molecule has 0 radical (unpaired) electrons. The van der Waals surface area contributed by atoms with E-state index in [0.717, 1.165) is 61.8 Å². The van der Waals surface area contributed by atoms with Crippen LogP contribution in [0, 0.1) is 23.7 Å². The lowest BCUT2D eigenvalue weighted by Crippen LogP contribution is -2.55. The van der Waals surface area contributed by atoms with Crippen LogP contribution in [-0.2, 0) is 5.41 Å². The van der Waals surface area contributed by atoms with Crippen LogP contribution < -0.4 is 4.40 Å². The minimum atomic E-state index is -0.0184. The number of para-hydroxylation sites is 1. The molecule has 17 rings (SSSR count). The van der Waals surface area contributed by atoms with Crippen molar-refractivity contribution in [2.75, 3.05) is 0 Å². The largest absolute Gasteiger partial charge is 0.456 e. The monoisotopic (exact) mass is 910 g/mol. The van der Waals surface area contributed by atoms with Crippen LogP contribution in [0.2, 0.25) is 0 Å². The average Bonchev–Trinajstić information content (AvgIpc) is 3.96. The van der Waals surface area contributed by atoms with Crippen LogP contribution in [0.15, 0.2) is 211 Å². The maximum absolute atomic E-state index is 6.58. The second-order valence-electron chi connectivity index (χ2n) is 21.0. The molecular formula is C67H48N3O+. The summed E-state index contributed by atoms with van der Waals surface area (Å²) in [4.78, 5) is 10.7. The summed E-state index contributed by atoms with van der Waals surface area (Å²) in [6.07, 6.45) is 8.93. The standard InChI is InChI=1S/C67H48N3O/c1-2-14-45(15-3-1)64-68-65(55-22-10-16-42-13-4-5-17-49(42)55)70-34-33-50-48(20-11-23-56(50)66(70)69-64)43-27-29-44(30-28-43)61-53(52-21-12-26-60-62(52)57-19-7-9-25-59(57)71-60)31-32-54-51-18-6-8-24-58(51)67(63(54)61)46-36-40-35-41(38-46)39-47(67)37-40/h1-34,40-41,46-47H,35-39H2/q+1. The van der Waals surface area contributed by atoms with Gasteiger partial charge in [-0.1, -0.05) is 168 Å². The minimum Gasteiger partial charge on any atom is -0.456 e. The van der Waals surface area contributed by atoms with Crippen LogP contribution in [0.3, 0.4) is 0 Å². The fourth-order valence-electron chi connectivity index (χ4n) is 15.0. The van der Waals surface area contributed by atoms with Gasteiger partial charge in [-0.15, -0.1) is 0 Å². The van der Waals surface area contributed by atoms with Gasteiger partial charge in [0.25, 0.3) is 11.5 Å². The van der Waals surface area contributed by atoms with Crippen molar-refractivity contribution < 1.29 is 8.82 Å². The molecule has 5 aliphatic carbocycles. The fraction of sp³-hybridized carbons (Fsp3) is 0.149. The van der Waals surface area contributed by atoms with Crippen molar-refractivity contribution in [2.45, 2.75) is 37.5 Å². The molecule has 71 heavy (non-hydrogen) atoms. The van der Waals surface area contributed by atoms with E-state index in [4.69, 9.17) is 14.4 Å². The summed E-state index contributed by atoms with van der Waals surface area (Å²) in [5.41, 5.74) is 18.4. The van der Waals surface area contributed by atoms with Gasteiger partial charge in [0.2, 0.25) is 0 Å². The molecule has 3 aromatic heterocycles. The van der Waals surface area contributed by atoms with Gasteiger partial charge in [-0.2, -0.15) is 4.40 Å². The molecule has 4 heteroatoms. The Morgan fingerprint density at radius 2 is 1.06 bits per heavy atom. The molecule has 3 heterocycles. The molecule has 12 aromatic rings. The Balaban J connectivity index is 0.914. The second kappa shape index (κ2) is 14.9. The number of hydrogen-bond donors (Lipinski definition) is 0. The number of rotatable bonds is 5. The number of fused-ring (bicyclic) bond motifs is 10. The van der Waals surface area contributed by atoms with Crippen LogP contribution in [0.4, 0.5) is 0 Å². The minimum absolute atomic E-state index is 0.0184. The SMILES string of the molecule is c1ccc(-c2nc(-c3cccc4ccccc34)[n+]3ccc4c(-c5ccc(-c6c(-c7cccc8oc9ccccc9c78)ccc7c6C6(c8ccccc8-7)C7CC8CC(C7)CC6C8)cc5)cccc4c3n2)cc1. The zero-order chi connectivity index (χ0) is 46.4. The molecule has 4 bridgehead atoms. The maximum atomic E-state index is 6.58. The fourth-order valence-corrected chi connectivity index (χ4v) is 15.0. The van der Waals surface area contributed by atoms with Gasteiger partial charge >= 0.3 is 5.82 Å². The van der Waals surface area contributed by atoms with Gasteiger partial charge in [0.1, 0.15) is 11.2 Å². The third-order valence-corrected chi connectivity index (χ3v) is 17.6. The predicted octanol–water partition coefficient (Wildman–Crippen LogP) is 16.5. The van der Waals surface area contributed by atoms with E-state index in [1.807, 2.05) is 6.07 Å². The van der Waals surface area contributed by atoms with Gasteiger partial charge in [-0.3, -0.25) is 0 Å². The number of aromatic nitrogens is 3. The van der Waals surface area contributed by atoms with Crippen molar-refractivity contribution in [1.82, 2.24) is 9.97 Å². The molecular weight excluding hydrogens is 863 g/mol. The van der Waals surface area contributed by atoms with E-state index in [-0.39, 0.29) is 5.41 Å². The second-order valence-corrected chi connectivity index (χ2v) is 21.0. The van der Waals surface area contributed by atoms with Crippen LogP contribution >= 0.6 is 0 Å². The Bertz CT molecular complexity index is 4150. The highest BCUT2D eigenvalue weighted by Gasteiger charge is 2.62.